The van der Waals surface area contributed by atoms with Crippen LogP contribution in [0.15, 0.2) is 40.6 Å². The summed E-state index contributed by atoms with van der Waals surface area (Å²) in [5, 5.41) is 20.8. The second-order valence-corrected chi connectivity index (χ2v) is 7.80. The van der Waals surface area contributed by atoms with Gasteiger partial charge in [-0.05, 0) is 69.3 Å². The van der Waals surface area contributed by atoms with Crippen LogP contribution in [0.25, 0.3) is 0 Å². The average molecular weight is 354 g/mol. The quantitative estimate of drug-likeness (QED) is 0.875. The fourth-order valence-corrected chi connectivity index (χ4v) is 4.51. The van der Waals surface area contributed by atoms with Gasteiger partial charge in [-0.2, -0.15) is 5.10 Å². The number of hydrogen-bond acceptors (Lipinski definition) is 5. The first-order chi connectivity index (χ1) is 12.7. The van der Waals surface area contributed by atoms with Crippen molar-refractivity contribution in [3.8, 4) is 0 Å². The Hall–Kier alpha value is -1.85. The summed E-state index contributed by atoms with van der Waals surface area (Å²) in [5.74, 6) is 0.340. The van der Waals surface area contributed by atoms with Gasteiger partial charge in [0.25, 0.3) is 0 Å². The number of nitrogens with zero attached hydrogens (tertiary/aromatic N) is 3. The maximum atomic E-state index is 10.2. The van der Waals surface area contributed by atoms with Crippen LogP contribution in [0.3, 0.4) is 0 Å². The SMILES string of the molecule is CCNc1ccc(C2=NN3CN(C)CC3=C3CCCC(O)CCC23)cc1. The second kappa shape index (κ2) is 7.41. The van der Waals surface area contributed by atoms with Gasteiger partial charge in [-0.3, -0.25) is 9.91 Å². The standard InChI is InChI=1S/C21H30N4O/c1-3-22-16-9-7-15(8-10-16)21-19-12-11-17(26)5-4-6-18(19)20-13-24(2)14-25(20)23-21/h7-10,17,19,22,26H,3-6,11-14H2,1-2H3. The lowest BCUT2D eigenvalue weighted by molar-refractivity contribution is 0.142. The van der Waals surface area contributed by atoms with Crippen LogP contribution in [-0.4, -0.2) is 53.6 Å². The Morgan fingerprint density at radius 3 is 2.77 bits per heavy atom. The Labute approximate surface area is 156 Å². The van der Waals surface area contributed by atoms with Crippen LogP contribution in [0.2, 0.25) is 0 Å². The van der Waals surface area contributed by atoms with Crippen LogP contribution >= 0.6 is 0 Å². The Bertz CT molecular complexity index is 709. The summed E-state index contributed by atoms with van der Waals surface area (Å²) in [5.41, 5.74) is 6.50. The fraction of sp³-hybridized carbons (Fsp3) is 0.571. The molecule has 2 aliphatic heterocycles. The Kier molecular flexibility index (Phi) is 5.00. The molecular weight excluding hydrogens is 324 g/mol. The van der Waals surface area contributed by atoms with Crippen molar-refractivity contribution >= 4 is 11.4 Å². The number of aliphatic hydroxyl groups excluding tert-OH is 1. The predicted molar refractivity (Wildman–Crippen MR) is 106 cm³/mol. The minimum atomic E-state index is -0.164. The van der Waals surface area contributed by atoms with E-state index in [2.05, 4.69) is 53.5 Å². The molecule has 140 valence electrons. The van der Waals surface area contributed by atoms with E-state index in [1.54, 1.807) is 5.57 Å². The highest BCUT2D eigenvalue weighted by Gasteiger charge is 2.36. The Morgan fingerprint density at radius 1 is 1.19 bits per heavy atom. The van der Waals surface area contributed by atoms with Gasteiger partial charge in [0.2, 0.25) is 0 Å². The first kappa shape index (κ1) is 17.6. The lowest BCUT2D eigenvalue weighted by atomic mass is 9.79. The highest BCUT2D eigenvalue weighted by Crippen LogP contribution is 2.39. The van der Waals surface area contributed by atoms with E-state index >= 15 is 0 Å². The van der Waals surface area contributed by atoms with Crippen LogP contribution in [-0.2, 0) is 0 Å². The first-order valence-electron chi connectivity index (χ1n) is 9.94. The van der Waals surface area contributed by atoms with E-state index in [4.69, 9.17) is 5.10 Å². The van der Waals surface area contributed by atoms with Crippen molar-refractivity contribution in [3.63, 3.8) is 0 Å². The maximum Gasteiger partial charge on any atom is 0.0933 e. The summed E-state index contributed by atoms with van der Waals surface area (Å²) >= 11 is 0. The van der Waals surface area contributed by atoms with Crippen LogP contribution in [0, 0.1) is 5.92 Å². The van der Waals surface area contributed by atoms with Crippen LogP contribution in [0.5, 0.6) is 0 Å². The van der Waals surface area contributed by atoms with Gasteiger partial charge in [-0.25, -0.2) is 0 Å². The van der Waals surface area contributed by atoms with Crippen molar-refractivity contribution in [2.45, 2.75) is 45.1 Å². The smallest absolute Gasteiger partial charge is 0.0933 e. The summed E-state index contributed by atoms with van der Waals surface area (Å²) in [4.78, 5) is 2.33. The average Bonchev–Trinajstić information content (AvgIpc) is 2.99. The van der Waals surface area contributed by atoms with Gasteiger partial charge >= 0.3 is 0 Å². The molecule has 1 aliphatic carbocycles. The van der Waals surface area contributed by atoms with Gasteiger partial charge in [0.15, 0.2) is 0 Å². The summed E-state index contributed by atoms with van der Waals surface area (Å²) in [7, 11) is 2.16. The van der Waals surface area contributed by atoms with Crippen molar-refractivity contribution in [3.05, 3.63) is 41.1 Å². The molecule has 3 aliphatic rings. The van der Waals surface area contributed by atoms with Gasteiger partial charge in [-0.1, -0.05) is 12.1 Å². The molecule has 2 heterocycles. The van der Waals surface area contributed by atoms with Gasteiger partial charge < -0.3 is 10.4 Å². The molecular formula is C21H30N4O. The Balaban J connectivity index is 1.69. The minimum Gasteiger partial charge on any atom is -0.393 e. The van der Waals surface area contributed by atoms with E-state index in [1.165, 1.54) is 17.0 Å². The molecule has 1 aromatic rings. The van der Waals surface area contributed by atoms with Crippen LogP contribution < -0.4 is 5.32 Å². The zero-order chi connectivity index (χ0) is 18.1. The highest BCUT2D eigenvalue weighted by atomic mass is 16.3. The second-order valence-electron chi connectivity index (χ2n) is 7.80. The summed E-state index contributed by atoms with van der Waals surface area (Å²) < 4.78 is 0. The number of fused-ring (bicyclic) bond motifs is 2. The van der Waals surface area contributed by atoms with E-state index in [0.717, 1.165) is 57.5 Å². The molecule has 0 aromatic heterocycles. The van der Waals surface area contributed by atoms with Crippen molar-refractivity contribution < 1.29 is 5.11 Å². The molecule has 0 bridgehead atoms. The number of anilines is 1. The van der Waals surface area contributed by atoms with Gasteiger partial charge in [-0.15, -0.1) is 0 Å². The molecule has 0 spiro atoms. The third kappa shape index (κ3) is 3.38. The molecule has 1 saturated carbocycles. The molecule has 26 heavy (non-hydrogen) atoms. The van der Waals surface area contributed by atoms with E-state index in [-0.39, 0.29) is 6.10 Å². The number of hydrazone groups is 1. The molecule has 5 heteroatoms. The maximum absolute atomic E-state index is 10.2. The zero-order valence-corrected chi connectivity index (χ0v) is 15.9. The molecule has 2 atom stereocenters. The molecule has 2 N–H and O–H groups in total. The van der Waals surface area contributed by atoms with Crippen molar-refractivity contribution in [2.24, 2.45) is 11.0 Å². The Morgan fingerprint density at radius 2 is 2.00 bits per heavy atom. The largest absolute Gasteiger partial charge is 0.393 e. The number of nitrogens with one attached hydrogen (secondary N) is 1. The van der Waals surface area contributed by atoms with E-state index in [0.29, 0.717) is 5.92 Å². The van der Waals surface area contributed by atoms with Gasteiger partial charge in [0, 0.05) is 24.7 Å². The third-order valence-electron chi connectivity index (χ3n) is 5.79. The normalized spacial score (nSPS) is 26.7. The third-order valence-corrected chi connectivity index (χ3v) is 5.79. The minimum absolute atomic E-state index is 0.164. The van der Waals surface area contributed by atoms with Gasteiger partial charge in [0.1, 0.15) is 0 Å². The monoisotopic (exact) mass is 354 g/mol. The van der Waals surface area contributed by atoms with E-state index < -0.39 is 0 Å². The number of likely N-dealkylation sites (N-methyl/N-ethyl adjacent to an activating group) is 1. The molecule has 1 saturated heterocycles. The topological polar surface area (TPSA) is 51.1 Å². The molecule has 4 rings (SSSR count). The number of allylic oxidation sites excluding steroid dienone is 1. The zero-order valence-electron chi connectivity index (χ0n) is 15.9. The van der Waals surface area contributed by atoms with E-state index in [9.17, 15) is 5.11 Å². The number of benzene rings is 1. The first-order valence-corrected chi connectivity index (χ1v) is 9.94. The van der Waals surface area contributed by atoms with Crippen LogP contribution in [0.1, 0.15) is 44.6 Å². The summed E-state index contributed by atoms with van der Waals surface area (Å²) in [6.07, 6.45) is 4.76. The van der Waals surface area contributed by atoms with Crippen molar-refractivity contribution in [1.82, 2.24) is 9.91 Å². The molecule has 2 unspecified atom stereocenters. The highest BCUT2D eigenvalue weighted by molar-refractivity contribution is 6.04. The number of aliphatic hydroxyl groups is 1. The van der Waals surface area contributed by atoms with Crippen molar-refractivity contribution in [1.29, 1.82) is 0 Å². The molecule has 1 aromatic carbocycles. The van der Waals surface area contributed by atoms with Gasteiger partial charge in [0.05, 0.1) is 24.2 Å². The molecule has 5 nitrogen and oxygen atoms in total. The summed E-state index contributed by atoms with van der Waals surface area (Å²) in [6.45, 7) is 4.90. The van der Waals surface area contributed by atoms with Crippen LogP contribution in [0.4, 0.5) is 5.69 Å². The number of hydrogen-bond donors (Lipinski definition) is 2. The molecule has 0 radical (unpaired) electrons. The van der Waals surface area contributed by atoms with E-state index in [1.807, 2.05) is 0 Å². The predicted octanol–water partition coefficient (Wildman–Crippen LogP) is 3.24. The summed E-state index contributed by atoms with van der Waals surface area (Å²) in [6, 6.07) is 8.67. The lowest BCUT2D eigenvalue weighted by Crippen LogP contribution is -2.32. The lowest BCUT2D eigenvalue weighted by Gasteiger charge is -2.34. The molecule has 0 amide bonds. The fourth-order valence-electron chi connectivity index (χ4n) is 4.51. The number of rotatable bonds is 3. The molecule has 2 fully saturated rings. The van der Waals surface area contributed by atoms with Crippen molar-refractivity contribution in [2.75, 3.05) is 32.1 Å².